The summed E-state index contributed by atoms with van der Waals surface area (Å²) in [7, 11) is -4.16. The Hall–Kier alpha value is -2.24. The molecule has 11 heteroatoms. The van der Waals surface area contributed by atoms with E-state index in [1.807, 2.05) is 0 Å². The Morgan fingerprint density at radius 1 is 0.968 bits per heavy atom. The summed E-state index contributed by atoms with van der Waals surface area (Å²) < 4.78 is 41.2. The number of para-hydroxylation sites is 1. The van der Waals surface area contributed by atoms with Crippen molar-refractivity contribution in [3.05, 3.63) is 88.1 Å². The molecule has 3 aromatic carbocycles. The molecule has 0 saturated carbocycles. The first-order valence-corrected chi connectivity index (χ1v) is 10.6. The minimum atomic E-state index is -4.16. The number of sulfonamides is 1. The minimum absolute atomic E-state index is 0. The quantitative estimate of drug-likeness (QED) is 0.449. The Balaban J connectivity index is 0.00000341. The van der Waals surface area contributed by atoms with Gasteiger partial charge in [-0.25, -0.2) is 12.8 Å². The van der Waals surface area contributed by atoms with Crippen LogP contribution in [0.25, 0.3) is 0 Å². The maximum atomic E-state index is 13.3. The van der Waals surface area contributed by atoms with E-state index in [1.165, 1.54) is 54.6 Å². The van der Waals surface area contributed by atoms with E-state index >= 15 is 0 Å². The molecule has 3 rings (SSSR count). The van der Waals surface area contributed by atoms with Crippen LogP contribution in [0.5, 0.6) is 0 Å². The van der Waals surface area contributed by atoms with Gasteiger partial charge in [-0.3, -0.25) is 9.52 Å². The third-order valence-corrected chi connectivity index (χ3v) is 6.33. The van der Waals surface area contributed by atoms with Gasteiger partial charge in [-0.2, -0.15) is 0 Å². The standard InChI is InChI=1S/C20H14BrFN2O5S.Na/c21-16-9-8-12(19(25)23-17-7-2-1-6-15(17)20(26)27)10-18(16)30(28,29)24-14-5-3-4-13(22)11-14;/h1-11,24H,(H,23,25)(H,26,27);/q;+1/p-1. The smallest absolute Gasteiger partial charge is 0.545 e. The van der Waals surface area contributed by atoms with E-state index in [2.05, 4.69) is 26.0 Å². The Labute approximate surface area is 208 Å². The number of hydrogen-bond donors (Lipinski definition) is 2. The van der Waals surface area contributed by atoms with Gasteiger partial charge in [0.05, 0.1) is 17.3 Å². The number of aromatic carboxylic acids is 1. The molecule has 0 atom stereocenters. The molecular weight excluding hydrogens is 502 g/mol. The van der Waals surface area contributed by atoms with Crippen molar-refractivity contribution >= 4 is 49.2 Å². The first kappa shape index (κ1) is 25.0. The predicted octanol–water partition coefficient (Wildman–Crippen LogP) is 0.00880. The van der Waals surface area contributed by atoms with Gasteiger partial charge < -0.3 is 15.2 Å². The van der Waals surface area contributed by atoms with Gasteiger partial charge in [0.2, 0.25) is 0 Å². The van der Waals surface area contributed by atoms with Crippen LogP contribution in [0.3, 0.4) is 0 Å². The van der Waals surface area contributed by atoms with Crippen LogP contribution in [0, 0.1) is 5.82 Å². The number of carbonyl (C=O) groups is 2. The largest absolute Gasteiger partial charge is 1.00 e. The van der Waals surface area contributed by atoms with Crippen molar-refractivity contribution < 1.29 is 57.1 Å². The summed E-state index contributed by atoms with van der Waals surface area (Å²) in [4.78, 5) is 23.5. The fraction of sp³-hybridized carbons (Fsp3) is 0. The molecule has 0 saturated heterocycles. The number of carboxylic acids is 1. The number of benzene rings is 3. The Bertz CT molecular complexity index is 1250. The molecule has 154 valence electrons. The van der Waals surface area contributed by atoms with E-state index in [1.54, 1.807) is 0 Å². The van der Waals surface area contributed by atoms with Crippen LogP contribution >= 0.6 is 15.9 Å². The molecule has 0 aliphatic carbocycles. The summed E-state index contributed by atoms with van der Waals surface area (Å²) in [6.07, 6.45) is 0. The van der Waals surface area contributed by atoms with Crippen LogP contribution in [0.15, 0.2) is 76.1 Å². The molecule has 0 unspecified atom stereocenters. The number of rotatable bonds is 6. The van der Waals surface area contributed by atoms with Gasteiger partial charge in [0, 0.05) is 15.6 Å². The zero-order valence-corrected chi connectivity index (χ0v) is 20.5. The van der Waals surface area contributed by atoms with E-state index in [-0.39, 0.29) is 61.4 Å². The maximum absolute atomic E-state index is 13.3. The van der Waals surface area contributed by atoms with E-state index in [0.717, 1.165) is 12.1 Å². The fourth-order valence-corrected chi connectivity index (χ4v) is 4.62. The van der Waals surface area contributed by atoms with Crippen molar-refractivity contribution in [2.45, 2.75) is 4.90 Å². The van der Waals surface area contributed by atoms with E-state index in [9.17, 15) is 27.5 Å². The minimum Gasteiger partial charge on any atom is -0.545 e. The molecule has 0 aliphatic rings. The van der Waals surface area contributed by atoms with Gasteiger partial charge in [-0.1, -0.05) is 24.3 Å². The Morgan fingerprint density at radius 3 is 2.35 bits per heavy atom. The van der Waals surface area contributed by atoms with Gasteiger partial charge in [0.25, 0.3) is 15.9 Å². The molecule has 3 aromatic rings. The third kappa shape index (κ3) is 6.14. The summed E-state index contributed by atoms with van der Waals surface area (Å²) in [5.74, 6) is -2.81. The van der Waals surface area contributed by atoms with E-state index in [4.69, 9.17) is 0 Å². The number of carbonyl (C=O) groups excluding carboxylic acids is 2. The molecular formula is C20H13BrFN2NaO5S. The van der Waals surface area contributed by atoms with Gasteiger partial charge in [-0.05, 0) is 58.4 Å². The second-order valence-electron chi connectivity index (χ2n) is 6.05. The summed E-state index contributed by atoms with van der Waals surface area (Å²) in [5, 5.41) is 13.6. The van der Waals surface area contributed by atoms with Crippen LogP contribution < -0.4 is 44.7 Å². The average molecular weight is 515 g/mol. The fourth-order valence-electron chi connectivity index (χ4n) is 2.58. The number of anilines is 2. The van der Waals surface area contributed by atoms with Gasteiger partial charge in [0.1, 0.15) is 10.7 Å². The van der Waals surface area contributed by atoms with Crippen molar-refractivity contribution in [3.8, 4) is 0 Å². The topological polar surface area (TPSA) is 115 Å². The van der Waals surface area contributed by atoms with Gasteiger partial charge in [0.15, 0.2) is 0 Å². The molecule has 1 amide bonds. The van der Waals surface area contributed by atoms with Crippen LogP contribution in [0.2, 0.25) is 0 Å². The number of halogens is 2. The molecule has 0 spiro atoms. The molecule has 31 heavy (non-hydrogen) atoms. The van der Waals surface area contributed by atoms with E-state index in [0.29, 0.717) is 0 Å². The second kappa shape index (κ2) is 10.4. The number of nitrogens with one attached hydrogen (secondary N) is 2. The molecule has 7 nitrogen and oxygen atoms in total. The van der Waals surface area contributed by atoms with Crippen LogP contribution in [-0.2, 0) is 10.0 Å². The number of amides is 1. The molecule has 0 aromatic heterocycles. The zero-order valence-electron chi connectivity index (χ0n) is 16.1. The molecule has 0 heterocycles. The van der Waals surface area contributed by atoms with Crippen molar-refractivity contribution in [2.75, 3.05) is 10.0 Å². The Morgan fingerprint density at radius 2 is 1.68 bits per heavy atom. The van der Waals surface area contributed by atoms with Crippen molar-refractivity contribution in [1.29, 1.82) is 0 Å². The molecule has 2 N–H and O–H groups in total. The summed E-state index contributed by atoms with van der Waals surface area (Å²) >= 11 is 3.13. The van der Waals surface area contributed by atoms with Gasteiger partial charge in [-0.15, -0.1) is 0 Å². The normalized spacial score (nSPS) is 10.6. The first-order chi connectivity index (χ1) is 14.2. The van der Waals surface area contributed by atoms with E-state index < -0.39 is 27.7 Å². The monoisotopic (exact) mass is 514 g/mol. The van der Waals surface area contributed by atoms with Crippen molar-refractivity contribution in [3.63, 3.8) is 0 Å². The van der Waals surface area contributed by atoms with Crippen molar-refractivity contribution in [1.82, 2.24) is 0 Å². The van der Waals surface area contributed by atoms with Crippen LogP contribution in [0.1, 0.15) is 20.7 Å². The average Bonchev–Trinajstić information content (AvgIpc) is 2.68. The molecule has 0 radical (unpaired) electrons. The SMILES string of the molecule is O=C(Nc1ccccc1C(=O)[O-])c1ccc(Br)c(S(=O)(=O)Nc2cccc(F)c2)c1.[Na+]. The summed E-state index contributed by atoms with van der Waals surface area (Å²) in [6, 6.07) is 14.4. The number of carboxylic acid groups (broad SMARTS) is 1. The van der Waals surface area contributed by atoms with Crippen molar-refractivity contribution in [2.24, 2.45) is 0 Å². The molecule has 0 bridgehead atoms. The second-order valence-corrected chi connectivity index (χ2v) is 8.55. The molecule has 0 fully saturated rings. The van der Waals surface area contributed by atoms with Crippen LogP contribution in [-0.4, -0.2) is 20.3 Å². The predicted molar refractivity (Wildman–Crippen MR) is 110 cm³/mol. The summed E-state index contributed by atoms with van der Waals surface area (Å²) in [6.45, 7) is 0. The summed E-state index contributed by atoms with van der Waals surface area (Å²) in [5.41, 5.74) is -0.234. The Kier molecular flexibility index (Phi) is 8.38. The maximum Gasteiger partial charge on any atom is 1.00 e. The van der Waals surface area contributed by atoms with Gasteiger partial charge >= 0.3 is 29.6 Å². The molecule has 0 aliphatic heterocycles. The van der Waals surface area contributed by atoms with Crippen LogP contribution in [0.4, 0.5) is 15.8 Å². The number of hydrogen-bond acceptors (Lipinski definition) is 5. The first-order valence-electron chi connectivity index (χ1n) is 8.37. The zero-order chi connectivity index (χ0) is 21.9. The third-order valence-electron chi connectivity index (χ3n) is 3.95.